The average Bonchev–Trinajstić information content (AvgIpc) is 2.51. The first-order valence-electron chi connectivity index (χ1n) is 6.80. The minimum absolute atomic E-state index is 0.517. The summed E-state index contributed by atoms with van der Waals surface area (Å²) in [7, 11) is 1.96. The fourth-order valence-corrected chi connectivity index (χ4v) is 2.89. The quantitative estimate of drug-likeness (QED) is 0.746. The number of halogens is 2. The minimum atomic E-state index is 0.517. The van der Waals surface area contributed by atoms with Crippen LogP contribution in [0.1, 0.15) is 11.3 Å². The molecule has 0 saturated heterocycles. The molecule has 1 aromatic heterocycles. The first kappa shape index (κ1) is 14.9. The monoisotopic (exact) mass is 328 g/mol. The van der Waals surface area contributed by atoms with Gasteiger partial charge in [0.1, 0.15) is 5.69 Å². The molecule has 110 valence electrons. The summed E-state index contributed by atoms with van der Waals surface area (Å²) in [4.78, 5) is 6.41. The highest BCUT2D eigenvalue weighted by Crippen LogP contribution is 2.37. The summed E-state index contributed by atoms with van der Waals surface area (Å²) in [6.07, 6.45) is 5.63. The first-order chi connectivity index (χ1) is 10.6. The molecule has 0 saturated carbocycles. The average molecular weight is 329 g/mol. The lowest BCUT2D eigenvalue weighted by atomic mass is 9.97. The Bertz CT molecular complexity index is 792. The van der Waals surface area contributed by atoms with Crippen molar-refractivity contribution in [1.29, 1.82) is 0 Å². The molecular weight excluding hydrogens is 315 g/mol. The fraction of sp³-hybridized carbons (Fsp3) is 0.0556. The van der Waals surface area contributed by atoms with Crippen LogP contribution in [0.25, 0.3) is 11.3 Å². The van der Waals surface area contributed by atoms with Crippen molar-refractivity contribution in [2.45, 2.75) is 0 Å². The van der Waals surface area contributed by atoms with Crippen molar-refractivity contribution in [2.75, 3.05) is 7.05 Å². The van der Waals surface area contributed by atoms with Crippen molar-refractivity contribution in [3.8, 4) is 0 Å². The Hall–Kier alpha value is -2.03. The van der Waals surface area contributed by atoms with Gasteiger partial charge in [0, 0.05) is 24.5 Å². The third kappa shape index (κ3) is 2.68. The van der Waals surface area contributed by atoms with E-state index in [4.69, 9.17) is 23.2 Å². The molecule has 0 amide bonds. The molecule has 0 radical (unpaired) electrons. The third-order valence-corrected chi connectivity index (χ3v) is 4.08. The van der Waals surface area contributed by atoms with Crippen LogP contribution in [-0.4, -0.2) is 16.9 Å². The van der Waals surface area contributed by atoms with Crippen molar-refractivity contribution >= 4 is 34.5 Å². The molecule has 0 spiro atoms. The summed E-state index contributed by atoms with van der Waals surface area (Å²) < 4.78 is 0. The van der Waals surface area contributed by atoms with Crippen molar-refractivity contribution in [2.24, 2.45) is 0 Å². The van der Waals surface area contributed by atoms with Gasteiger partial charge >= 0.3 is 0 Å². The molecule has 0 fully saturated rings. The second kappa shape index (κ2) is 5.99. The van der Waals surface area contributed by atoms with Crippen LogP contribution in [0.4, 0.5) is 0 Å². The van der Waals surface area contributed by atoms with Gasteiger partial charge in [-0.1, -0.05) is 66.2 Å². The molecule has 2 heterocycles. The van der Waals surface area contributed by atoms with Crippen LogP contribution in [0.2, 0.25) is 10.0 Å². The predicted molar refractivity (Wildman–Crippen MR) is 93.6 cm³/mol. The molecule has 3 rings (SSSR count). The topological polar surface area (TPSA) is 16.1 Å². The number of aromatic nitrogens is 1. The molecule has 0 bridgehead atoms. The standard InChI is InChI=1S/C18H14Cl2N2/c1-12-8-9-15(13-6-4-3-5-7-13)18(22(12)2)17-16(20)10-14(19)11-21-17/h3-11H,1H2,2H3. The van der Waals surface area contributed by atoms with Gasteiger partial charge in [0.2, 0.25) is 0 Å². The van der Waals surface area contributed by atoms with Crippen molar-refractivity contribution < 1.29 is 0 Å². The molecule has 0 N–H and O–H groups in total. The number of benzene rings is 1. The lowest BCUT2D eigenvalue weighted by Gasteiger charge is -2.29. The Morgan fingerprint density at radius 3 is 2.50 bits per heavy atom. The molecule has 4 heteroatoms. The van der Waals surface area contributed by atoms with E-state index in [0.29, 0.717) is 15.7 Å². The van der Waals surface area contributed by atoms with Crippen LogP contribution in [0, 0.1) is 0 Å². The number of nitrogens with zero attached hydrogens (tertiary/aromatic N) is 2. The molecule has 1 aliphatic heterocycles. The van der Waals surface area contributed by atoms with Gasteiger partial charge in [-0.3, -0.25) is 4.98 Å². The molecule has 0 unspecified atom stereocenters. The van der Waals surface area contributed by atoms with E-state index in [9.17, 15) is 0 Å². The maximum atomic E-state index is 6.37. The van der Waals surface area contributed by atoms with E-state index in [0.717, 1.165) is 22.5 Å². The number of likely N-dealkylation sites (N-methyl/N-ethyl adjacent to an activating group) is 1. The fourth-order valence-electron chi connectivity index (χ4n) is 2.42. The summed E-state index contributed by atoms with van der Waals surface area (Å²) in [6, 6.07) is 11.8. The lowest BCUT2D eigenvalue weighted by Crippen LogP contribution is -2.19. The SMILES string of the molecule is C=C1C=CC(c2ccccc2)=C(c2ncc(Cl)cc2Cl)N1C. The maximum absolute atomic E-state index is 6.37. The Kier molecular flexibility index (Phi) is 4.06. The van der Waals surface area contributed by atoms with E-state index in [1.807, 2.05) is 42.3 Å². The number of allylic oxidation sites excluding steroid dienone is 3. The third-order valence-electron chi connectivity index (χ3n) is 3.58. The highest BCUT2D eigenvalue weighted by molar-refractivity contribution is 6.35. The van der Waals surface area contributed by atoms with Crippen molar-refractivity contribution in [3.05, 3.63) is 88.3 Å². The molecule has 2 aromatic rings. The Morgan fingerprint density at radius 1 is 1.09 bits per heavy atom. The van der Waals surface area contributed by atoms with Crippen LogP contribution < -0.4 is 0 Å². The van der Waals surface area contributed by atoms with E-state index in [1.54, 1.807) is 12.3 Å². The largest absolute Gasteiger partial charge is 0.343 e. The molecule has 1 aliphatic rings. The van der Waals surface area contributed by atoms with Gasteiger partial charge in [-0.15, -0.1) is 0 Å². The molecule has 2 nitrogen and oxygen atoms in total. The van der Waals surface area contributed by atoms with E-state index < -0.39 is 0 Å². The first-order valence-corrected chi connectivity index (χ1v) is 7.55. The van der Waals surface area contributed by atoms with Crippen molar-refractivity contribution in [1.82, 2.24) is 9.88 Å². The van der Waals surface area contributed by atoms with Gasteiger partial charge in [0.05, 0.1) is 15.7 Å². The smallest absolute Gasteiger partial charge is 0.106 e. The predicted octanol–water partition coefficient (Wildman–Crippen LogP) is 5.27. The maximum Gasteiger partial charge on any atom is 0.106 e. The molecular formula is C18H14Cl2N2. The molecule has 0 atom stereocenters. The zero-order valence-corrected chi connectivity index (χ0v) is 13.6. The Labute approximate surface area is 140 Å². The summed E-state index contributed by atoms with van der Waals surface area (Å²) in [6.45, 7) is 4.05. The lowest BCUT2D eigenvalue weighted by molar-refractivity contribution is 0.614. The highest BCUT2D eigenvalue weighted by Gasteiger charge is 2.22. The molecule has 22 heavy (non-hydrogen) atoms. The summed E-state index contributed by atoms with van der Waals surface area (Å²) in [5.41, 5.74) is 4.63. The van der Waals surface area contributed by atoms with Gasteiger partial charge in [0.15, 0.2) is 0 Å². The second-order valence-electron chi connectivity index (χ2n) is 5.00. The second-order valence-corrected chi connectivity index (χ2v) is 5.84. The van der Waals surface area contributed by atoms with Crippen LogP contribution in [0.5, 0.6) is 0 Å². The van der Waals surface area contributed by atoms with Crippen LogP contribution in [0.3, 0.4) is 0 Å². The summed E-state index contributed by atoms with van der Waals surface area (Å²) in [5.74, 6) is 0. The number of hydrogen-bond donors (Lipinski definition) is 0. The molecule has 0 aliphatic carbocycles. The van der Waals surface area contributed by atoms with Crippen LogP contribution >= 0.6 is 23.2 Å². The Morgan fingerprint density at radius 2 is 1.82 bits per heavy atom. The van der Waals surface area contributed by atoms with Crippen LogP contribution in [-0.2, 0) is 0 Å². The highest BCUT2D eigenvalue weighted by atomic mass is 35.5. The van der Waals surface area contributed by atoms with E-state index >= 15 is 0 Å². The summed E-state index contributed by atoms with van der Waals surface area (Å²) >= 11 is 12.3. The normalized spacial score (nSPS) is 14.7. The number of rotatable bonds is 2. The van der Waals surface area contributed by atoms with Gasteiger partial charge in [-0.05, 0) is 17.7 Å². The van der Waals surface area contributed by atoms with Gasteiger partial charge < -0.3 is 4.90 Å². The number of hydrogen-bond acceptors (Lipinski definition) is 2. The van der Waals surface area contributed by atoms with E-state index in [2.05, 4.69) is 23.7 Å². The zero-order chi connectivity index (χ0) is 15.7. The minimum Gasteiger partial charge on any atom is -0.343 e. The zero-order valence-electron chi connectivity index (χ0n) is 12.1. The Balaban J connectivity index is 2.26. The number of pyridine rings is 1. The van der Waals surface area contributed by atoms with E-state index in [1.165, 1.54) is 0 Å². The van der Waals surface area contributed by atoms with Crippen LogP contribution in [0.15, 0.2) is 67.0 Å². The summed E-state index contributed by atoms with van der Waals surface area (Å²) in [5, 5.41) is 1.04. The van der Waals surface area contributed by atoms with Gasteiger partial charge in [-0.2, -0.15) is 0 Å². The van der Waals surface area contributed by atoms with Gasteiger partial charge in [0.25, 0.3) is 0 Å². The van der Waals surface area contributed by atoms with Crippen molar-refractivity contribution in [3.63, 3.8) is 0 Å². The molecule has 1 aromatic carbocycles. The van der Waals surface area contributed by atoms with E-state index in [-0.39, 0.29) is 0 Å². The van der Waals surface area contributed by atoms with Gasteiger partial charge in [-0.25, -0.2) is 0 Å².